The van der Waals surface area contributed by atoms with Crippen LogP contribution in [-0.2, 0) is 22.6 Å². The number of aliphatic carboxylic acids is 1. The number of hydrogen-bond acceptors (Lipinski definition) is 4. The molecule has 0 fully saturated rings. The topological polar surface area (TPSA) is 63.6 Å². The van der Waals surface area contributed by atoms with Crippen molar-refractivity contribution in [3.05, 3.63) is 57.8 Å². The van der Waals surface area contributed by atoms with Gasteiger partial charge in [0.15, 0.2) is 0 Å². The molecule has 0 saturated carbocycles. The number of esters is 1. The lowest BCUT2D eigenvalue weighted by Gasteiger charge is -2.02. The number of benzene rings is 1. The number of carbonyl (C=O) groups excluding carboxylic acids is 1. The number of ether oxygens (including phenoxy) is 1. The standard InChI is InChI=1S/C16H16O4S/c17-15(18)8-4-7-13-9-10-14(21-13)16(19)20-11-12-5-2-1-3-6-12/h1-3,5-6,9-10H,4,7-8,11H2,(H,17,18). The fraction of sp³-hybridized carbons (Fsp3) is 0.250. The van der Waals surface area contributed by atoms with Crippen molar-refractivity contribution in [1.29, 1.82) is 0 Å². The number of carboxylic acid groups (broad SMARTS) is 1. The van der Waals surface area contributed by atoms with Crippen LogP contribution in [0.3, 0.4) is 0 Å². The SMILES string of the molecule is O=C(O)CCCc1ccc(C(=O)OCc2ccccc2)s1. The Morgan fingerprint density at radius 2 is 1.86 bits per heavy atom. The summed E-state index contributed by atoms with van der Waals surface area (Å²) in [7, 11) is 0. The van der Waals surface area contributed by atoms with Crippen LogP contribution in [0.15, 0.2) is 42.5 Å². The first kappa shape index (κ1) is 15.3. The van der Waals surface area contributed by atoms with Gasteiger partial charge in [0.1, 0.15) is 11.5 Å². The number of hydrogen-bond donors (Lipinski definition) is 1. The molecule has 5 heteroatoms. The van der Waals surface area contributed by atoms with Gasteiger partial charge in [-0.15, -0.1) is 11.3 Å². The summed E-state index contributed by atoms with van der Waals surface area (Å²) < 4.78 is 5.25. The molecule has 0 spiro atoms. The van der Waals surface area contributed by atoms with E-state index in [-0.39, 0.29) is 19.0 Å². The van der Waals surface area contributed by atoms with Crippen LogP contribution in [0.4, 0.5) is 0 Å². The van der Waals surface area contributed by atoms with E-state index in [4.69, 9.17) is 9.84 Å². The summed E-state index contributed by atoms with van der Waals surface area (Å²) in [5.41, 5.74) is 0.948. The molecule has 0 unspecified atom stereocenters. The van der Waals surface area contributed by atoms with Crippen molar-refractivity contribution in [1.82, 2.24) is 0 Å². The average molecular weight is 304 g/mol. The predicted octanol–water partition coefficient (Wildman–Crippen LogP) is 3.51. The van der Waals surface area contributed by atoms with Crippen molar-refractivity contribution in [3.63, 3.8) is 0 Å². The molecule has 1 aromatic carbocycles. The van der Waals surface area contributed by atoms with Crippen LogP contribution in [-0.4, -0.2) is 17.0 Å². The molecule has 2 aromatic rings. The molecule has 1 N–H and O–H groups in total. The van der Waals surface area contributed by atoms with Crippen molar-refractivity contribution < 1.29 is 19.4 Å². The normalized spacial score (nSPS) is 10.3. The molecule has 0 saturated heterocycles. The first-order chi connectivity index (χ1) is 10.1. The van der Waals surface area contributed by atoms with Crippen molar-refractivity contribution in [3.8, 4) is 0 Å². The monoisotopic (exact) mass is 304 g/mol. The fourth-order valence-corrected chi connectivity index (χ4v) is 2.77. The second-order valence-corrected chi connectivity index (χ2v) is 5.74. The van der Waals surface area contributed by atoms with Gasteiger partial charge in [-0.05, 0) is 30.5 Å². The van der Waals surface area contributed by atoms with E-state index in [1.807, 2.05) is 36.4 Å². The molecule has 4 nitrogen and oxygen atoms in total. The third-order valence-electron chi connectivity index (χ3n) is 2.89. The Morgan fingerprint density at radius 1 is 1.10 bits per heavy atom. The summed E-state index contributed by atoms with van der Waals surface area (Å²) in [6.45, 7) is 0.256. The molecule has 0 radical (unpaired) electrons. The van der Waals surface area contributed by atoms with Crippen LogP contribution < -0.4 is 0 Å². The summed E-state index contributed by atoms with van der Waals surface area (Å²) in [6, 6.07) is 13.1. The molecule has 110 valence electrons. The number of thiophene rings is 1. The molecule has 0 atom stereocenters. The van der Waals surface area contributed by atoms with E-state index in [0.29, 0.717) is 17.7 Å². The first-order valence-electron chi connectivity index (χ1n) is 6.66. The Bertz CT molecular complexity index is 604. The summed E-state index contributed by atoms with van der Waals surface area (Å²) >= 11 is 1.36. The lowest BCUT2D eigenvalue weighted by Crippen LogP contribution is -2.02. The minimum atomic E-state index is -0.797. The van der Waals surface area contributed by atoms with E-state index in [1.54, 1.807) is 6.07 Å². The van der Waals surface area contributed by atoms with Gasteiger partial charge in [-0.3, -0.25) is 4.79 Å². The van der Waals surface area contributed by atoms with Gasteiger partial charge < -0.3 is 9.84 Å². The maximum atomic E-state index is 11.9. The zero-order valence-electron chi connectivity index (χ0n) is 11.5. The summed E-state index contributed by atoms with van der Waals surface area (Å²) in [5, 5.41) is 8.59. The molecule has 0 amide bonds. The molecule has 2 rings (SSSR count). The van der Waals surface area contributed by atoms with Crippen molar-refractivity contribution in [2.45, 2.75) is 25.9 Å². The molecule has 21 heavy (non-hydrogen) atoms. The highest BCUT2D eigenvalue weighted by molar-refractivity contribution is 7.13. The van der Waals surface area contributed by atoms with Gasteiger partial charge in [0.05, 0.1) is 0 Å². The largest absolute Gasteiger partial charge is 0.481 e. The molecule has 0 aliphatic rings. The number of carboxylic acids is 1. The van der Waals surface area contributed by atoms with Gasteiger partial charge in [0.25, 0.3) is 0 Å². The summed E-state index contributed by atoms with van der Waals surface area (Å²) in [6.07, 6.45) is 1.39. The van der Waals surface area contributed by atoms with Gasteiger partial charge in [-0.2, -0.15) is 0 Å². The van der Waals surface area contributed by atoms with Gasteiger partial charge in [-0.1, -0.05) is 30.3 Å². The average Bonchev–Trinajstić information content (AvgIpc) is 2.94. The Hall–Kier alpha value is -2.14. The lowest BCUT2D eigenvalue weighted by molar-refractivity contribution is -0.137. The van der Waals surface area contributed by atoms with Crippen LogP contribution in [0.25, 0.3) is 0 Å². The Labute approximate surface area is 127 Å². The number of rotatable bonds is 7. The predicted molar refractivity (Wildman–Crippen MR) is 80.5 cm³/mol. The van der Waals surface area contributed by atoms with Crippen molar-refractivity contribution in [2.75, 3.05) is 0 Å². The van der Waals surface area contributed by atoms with Gasteiger partial charge in [0, 0.05) is 11.3 Å². The minimum Gasteiger partial charge on any atom is -0.481 e. The van der Waals surface area contributed by atoms with Crippen LogP contribution >= 0.6 is 11.3 Å². The maximum absolute atomic E-state index is 11.9. The quantitative estimate of drug-likeness (QED) is 0.795. The lowest BCUT2D eigenvalue weighted by atomic mass is 10.2. The van der Waals surface area contributed by atoms with Gasteiger partial charge in [-0.25, -0.2) is 4.79 Å². The van der Waals surface area contributed by atoms with E-state index in [9.17, 15) is 9.59 Å². The Balaban J connectivity index is 1.83. The Morgan fingerprint density at radius 3 is 2.57 bits per heavy atom. The number of carbonyl (C=O) groups is 2. The van der Waals surface area contributed by atoms with Crippen LogP contribution in [0.2, 0.25) is 0 Å². The van der Waals surface area contributed by atoms with Crippen LogP contribution in [0.5, 0.6) is 0 Å². The molecule has 1 heterocycles. The highest BCUT2D eigenvalue weighted by Crippen LogP contribution is 2.20. The first-order valence-corrected chi connectivity index (χ1v) is 7.48. The van der Waals surface area contributed by atoms with Gasteiger partial charge >= 0.3 is 11.9 Å². The number of aryl methyl sites for hydroxylation is 1. The summed E-state index contributed by atoms with van der Waals surface area (Å²) in [5.74, 6) is -1.14. The van der Waals surface area contributed by atoms with Crippen LogP contribution in [0, 0.1) is 0 Å². The second-order valence-electron chi connectivity index (χ2n) is 4.57. The van der Waals surface area contributed by atoms with Crippen molar-refractivity contribution >= 4 is 23.3 Å². The van der Waals surface area contributed by atoms with Gasteiger partial charge in [0.2, 0.25) is 0 Å². The molecular weight excluding hydrogens is 288 g/mol. The third kappa shape index (κ3) is 5.04. The summed E-state index contributed by atoms with van der Waals surface area (Å²) in [4.78, 5) is 23.9. The highest BCUT2D eigenvalue weighted by atomic mass is 32.1. The molecular formula is C16H16O4S. The molecule has 0 aliphatic heterocycles. The zero-order valence-corrected chi connectivity index (χ0v) is 12.3. The van der Waals surface area contributed by atoms with E-state index in [1.165, 1.54) is 11.3 Å². The van der Waals surface area contributed by atoms with E-state index in [2.05, 4.69) is 0 Å². The minimum absolute atomic E-state index is 0.145. The van der Waals surface area contributed by atoms with Crippen LogP contribution in [0.1, 0.15) is 33.0 Å². The third-order valence-corrected chi connectivity index (χ3v) is 4.01. The highest BCUT2D eigenvalue weighted by Gasteiger charge is 2.11. The van der Waals surface area contributed by atoms with E-state index >= 15 is 0 Å². The smallest absolute Gasteiger partial charge is 0.348 e. The maximum Gasteiger partial charge on any atom is 0.348 e. The zero-order chi connectivity index (χ0) is 15.1. The van der Waals surface area contributed by atoms with E-state index in [0.717, 1.165) is 10.4 Å². The second kappa shape index (κ2) is 7.59. The molecule has 0 aliphatic carbocycles. The Kier molecular flexibility index (Phi) is 5.51. The molecule has 0 bridgehead atoms. The van der Waals surface area contributed by atoms with E-state index < -0.39 is 5.97 Å². The van der Waals surface area contributed by atoms with Crippen molar-refractivity contribution in [2.24, 2.45) is 0 Å². The molecule has 1 aromatic heterocycles. The fourth-order valence-electron chi connectivity index (χ4n) is 1.83.